The molecule has 0 unspecified atom stereocenters. The Labute approximate surface area is 203 Å². The summed E-state index contributed by atoms with van der Waals surface area (Å²) in [5, 5.41) is 0.612. The zero-order valence-corrected chi connectivity index (χ0v) is 20.7. The van der Waals surface area contributed by atoms with Gasteiger partial charge in [0.15, 0.2) is 0 Å². The minimum Gasteiger partial charge on any atom is -0.339 e. The summed E-state index contributed by atoms with van der Waals surface area (Å²) in [6.07, 6.45) is 5.40. The number of halogens is 3. The number of carbonyl (C=O) groups excluding carboxylic acids is 1. The minimum atomic E-state index is -4.42. The molecule has 0 radical (unpaired) electrons. The molecule has 0 spiro atoms. The molecule has 34 heavy (non-hydrogen) atoms. The van der Waals surface area contributed by atoms with Crippen LogP contribution >= 0.6 is 11.3 Å². The summed E-state index contributed by atoms with van der Waals surface area (Å²) in [4.78, 5) is 25.2. The van der Waals surface area contributed by atoms with Crippen LogP contribution in [0.4, 0.5) is 13.2 Å². The smallest absolute Gasteiger partial charge is 0.339 e. The Bertz CT molecular complexity index is 969. The fourth-order valence-corrected chi connectivity index (χ4v) is 5.77. The number of allylic oxidation sites excluding steroid dienone is 6. The Kier molecular flexibility index (Phi) is 7.94. The molecule has 4 rings (SSSR count). The van der Waals surface area contributed by atoms with Crippen molar-refractivity contribution in [1.29, 1.82) is 0 Å². The summed E-state index contributed by atoms with van der Waals surface area (Å²) in [6.45, 7) is 8.62. The van der Waals surface area contributed by atoms with E-state index in [-0.39, 0.29) is 5.91 Å². The fraction of sp³-hybridized carbons (Fsp3) is 0.600. The number of hydrogen-bond donors (Lipinski definition) is 0. The molecule has 0 bridgehead atoms. The van der Waals surface area contributed by atoms with Crippen LogP contribution in [0.15, 0.2) is 29.9 Å². The van der Waals surface area contributed by atoms with E-state index in [1.807, 2.05) is 4.90 Å². The average Bonchev–Trinajstić information content (AvgIpc) is 3.18. The van der Waals surface area contributed by atoms with Crippen LogP contribution in [0, 0.1) is 0 Å². The first-order valence-corrected chi connectivity index (χ1v) is 12.9. The summed E-state index contributed by atoms with van der Waals surface area (Å²) in [5.74, 6) is 0.168. The van der Waals surface area contributed by atoms with Crippen molar-refractivity contribution in [1.82, 2.24) is 19.7 Å². The van der Waals surface area contributed by atoms with Gasteiger partial charge in [-0.1, -0.05) is 24.6 Å². The van der Waals surface area contributed by atoms with Gasteiger partial charge in [0, 0.05) is 56.6 Å². The number of nitrogens with zero attached hydrogens (tertiary/aromatic N) is 4. The lowest BCUT2D eigenvalue weighted by molar-refractivity contribution is -0.135. The van der Waals surface area contributed by atoms with Gasteiger partial charge in [0.2, 0.25) is 5.91 Å². The number of thiazole rings is 1. The number of alkyl halides is 3. The number of amides is 1. The van der Waals surface area contributed by atoms with Crippen LogP contribution < -0.4 is 0 Å². The van der Waals surface area contributed by atoms with Crippen LogP contribution in [0.5, 0.6) is 0 Å². The molecule has 2 aliphatic heterocycles. The Morgan fingerprint density at radius 2 is 1.91 bits per heavy atom. The minimum absolute atomic E-state index is 0.168. The number of aromatic nitrogens is 1. The van der Waals surface area contributed by atoms with Gasteiger partial charge in [-0.05, 0) is 38.3 Å². The highest BCUT2D eigenvalue weighted by molar-refractivity contribution is 7.12. The molecule has 1 aromatic heterocycles. The lowest BCUT2D eigenvalue weighted by Gasteiger charge is -2.43. The highest BCUT2D eigenvalue weighted by Crippen LogP contribution is 2.33. The molecule has 0 N–H and O–H groups in total. The molecular weight excluding hydrogens is 461 g/mol. The number of carbonyl (C=O) groups is 1. The molecule has 9 heteroatoms. The number of piperazine rings is 1. The molecular formula is C25H33F3N4OS. The van der Waals surface area contributed by atoms with Crippen molar-refractivity contribution in [3.05, 3.63) is 45.5 Å². The molecule has 3 heterocycles. The molecule has 3 aliphatic rings. The maximum absolute atomic E-state index is 13.3. The molecule has 1 aromatic rings. The second-order valence-electron chi connectivity index (χ2n) is 9.32. The number of rotatable bonds is 6. The monoisotopic (exact) mass is 494 g/mol. The van der Waals surface area contributed by atoms with Gasteiger partial charge in [-0.2, -0.15) is 13.2 Å². The molecule has 2 fully saturated rings. The Balaban J connectivity index is 1.35. The van der Waals surface area contributed by atoms with Crippen molar-refractivity contribution in [2.45, 2.75) is 58.3 Å². The number of fused-ring (bicyclic) bond motifs is 1. The molecule has 1 saturated heterocycles. The van der Waals surface area contributed by atoms with Crippen molar-refractivity contribution >= 4 is 22.8 Å². The quantitative estimate of drug-likeness (QED) is 0.539. The van der Waals surface area contributed by atoms with E-state index >= 15 is 0 Å². The molecule has 0 aromatic carbocycles. The zero-order chi connectivity index (χ0) is 24.3. The third kappa shape index (κ3) is 5.98. The van der Waals surface area contributed by atoms with Crippen molar-refractivity contribution in [2.75, 3.05) is 39.3 Å². The van der Waals surface area contributed by atoms with E-state index in [0.717, 1.165) is 61.5 Å². The van der Waals surface area contributed by atoms with Gasteiger partial charge in [-0.15, -0.1) is 11.3 Å². The SMILES string of the molecule is C\C=C/C=C(\C=C(/C)c1nc2c(s1)CN(CC(=O)N1CCN(C3CCC3)CC1)CC2)C(F)(F)F. The van der Waals surface area contributed by atoms with Gasteiger partial charge in [0.1, 0.15) is 5.01 Å². The summed E-state index contributed by atoms with van der Waals surface area (Å²) < 4.78 is 40.0. The van der Waals surface area contributed by atoms with Gasteiger partial charge >= 0.3 is 6.18 Å². The van der Waals surface area contributed by atoms with Crippen LogP contribution in [-0.2, 0) is 17.8 Å². The third-order valence-electron chi connectivity index (χ3n) is 6.93. The summed E-state index contributed by atoms with van der Waals surface area (Å²) in [6, 6.07) is 0.724. The molecule has 0 atom stereocenters. The van der Waals surface area contributed by atoms with E-state index in [4.69, 9.17) is 0 Å². The van der Waals surface area contributed by atoms with Crippen LogP contribution in [0.2, 0.25) is 0 Å². The van der Waals surface area contributed by atoms with Crippen molar-refractivity contribution < 1.29 is 18.0 Å². The largest absolute Gasteiger partial charge is 0.416 e. The summed E-state index contributed by atoms with van der Waals surface area (Å²) in [7, 11) is 0. The van der Waals surface area contributed by atoms with Crippen LogP contribution in [0.25, 0.3) is 5.57 Å². The highest BCUT2D eigenvalue weighted by atomic mass is 32.1. The third-order valence-corrected chi connectivity index (χ3v) is 8.15. The maximum atomic E-state index is 13.3. The van der Waals surface area contributed by atoms with Gasteiger partial charge in [-0.25, -0.2) is 4.98 Å². The fourth-order valence-electron chi connectivity index (χ4n) is 4.65. The molecule has 1 aliphatic carbocycles. The number of hydrogen-bond acceptors (Lipinski definition) is 5. The van der Waals surface area contributed by atoms with Crippen molar-refractivity contribution in [3.8, 4) is 0 Å². The Hall–Kier alpha value is -1.97. The standard InChI is InChI=1S/C25H33F3N4OS/c1-3-4-6-19(25(26,27)28)15-18(2)24-29-21-9-10-30(16-22(21)34-24)17-23(33)32-13-11-31(12-14-32)20-7-5-8-20/h3-4,6,15,20H,5,7-14,16-17H2,1-2H3/b4-3-,18-15+,19-6+. The normalized spacial score (nSPS) is 21.7. The highest BCUT2D eigenvalue weighted by Gasteiger charge is 2.33. The molecule has 186 valence electrons. The van der Waals surface area contributed by atoms with Crippen LogP contribution in [-0.4, -0.2) is 77.1 Å². The van der Waals surface area contributed by atoms with E-state index < -0.39 is 11.7 Å². The van der Waals surface area contributed by atoms with E-state index in [1.54, 1.807) is 19.9 Å². The first-order valence-electron chi connectivity index (χ1n) is 12.1. The molecule has 1 amide bonds. The lowest BCUT2D eigenvalue weighted by atomic mass is 9.91. The van der Waals surface area contributed by atoms with E-state index in [9.17, 15) is 18.0 Å². The van der Waals surface area contributed by atoms with Crippen LogP contribution in [0.1, 0.15) is 48.7 Å². The first-order chi connectivity index (χ1) is 16.2. The molecule has 5 nitrogen and oxygen atoms in total. The predicted molar refractivity (Wildman–Crippen MR) is 129 cm³/mol. The zero-order valence-electron chi connectivity index (χ0n) is 19.9. The first kappa shape index (κ1) is 25.1. The van der Waals surface area contributed by atoms with Crippen molar-refractivity contribution in [3.63, 3.8) is 0 Å². The van der Waals surface area contributed by atoms with Crippen molar-refractivity contribution in [2.24, 2.45) is 0 Å². The topological polar surface area (TPSA) is 39.7 Å². The second-order valence-corrected chi connectivity index (χ2v) is 10.4. The van der Waals surface area contributed by atoms with Gasteiger partial charge in [0.25, 0.3) is 0 Å². The predicted octanol–water partition coefficient (Wildman–Crippen LogP) is 4.67. The molecule has 1 saturated carbocycles. The van der Waals surface area contributed by atoms with Crippen LogP contribution in [0.3, 0.4) is 0 Å². The van der Waals surface area contributed by atoms with Gasteiger partial charge in [0.05, 0.1) is 17.8 Å². The Morgan fingerprint density at radius 1 is 1.18 bits per heavy atom. The lowest BCUT2D eigenvalue weighted by Crippen LogP contribution is -2.55. The van der Waals surface area contributed by atoms with E-state index in [0.29, 0.717) is 30.1 Å². The maximum Gasteiger partial charge on any atom is 0.416 e. The van der Waals surface area contributed by atoms with E-state index in [2.05, 4.69) is 14.8 Å². The second kappa shape index (κ2) is 10.7. The summed E-state index contributed by atoms with van der Waals surface area (Å²) >= 11 is 1.43. The van der Waals surface area contributed by atoms with Gasteiger partial charge < -0.3 is 4.90 Å². The van der Waals surface area contributed by atoms with Gasteiger partial charge in [-0.3, -0.25) is 14.6 Å². The van der Waals surface area contributed by atoms with E-state index in [1.165, 1.54) is 36.7 Å². The Morgan fingerprint density at radius 3 is 2.53 bits per heavy atom. The average molecular weight is 495 g/mol. The summed E-state index contributed by atoms with van der Waals surface area (Å²) in [5.41, 5.74) is 0.747.